The zero-order valence-corrected chi connectivity index (χ0v) is 16.3. The number of anilines is 1. The molecule has 0 unspecified atom stereocenters. The Hall–Kier alpha value is -2.88. The lowest BCUT2D eigenvalue weighted by atomic mass is 10.2. The van der Waals surface area contributed by atoms with Gasteiger partial charge in [-0.3, -0.25) is 9.36 Å². The number of rotatable bonds is 6. The van der Waals surface area contributed by atoms with Crippen LogP contribution in [-0.2, 0) is 11.0 Å². The van der Waals surface area contributed by atoms with Crippen molar-refractivity contribution in [2.24, 2.45) is 0 Å². The molecule has 1 N–H and O–H groups in total. The number of nitrogens with zero attached hydrogens (tertiary/aromatic N) is 3. The third kappa shape index (κ3) is 4.64. The molecule has 5 nitrogen and oxygen atoms in total. The third-order valence-corrected chi connectivity index (χ3v) is 5.43. The van der Waals surface area contributed by atoms with Crippen molar-refractivity contribution >= 4 is 23.4 Å². The first-order valence-electron chi connectivity index (χ1n) is 9.12. The van der Waals surface area contributed by atoms with Crippen LogP contribution in [-0.4, -0.2) is 26.4 Å². The van der Waals surface area contributed by atoms with E-state index in [1.54, 1.807) is 12.1 Å². The molecule has 1 aliphatic rings. The number of aromatic nitrogens is 3. The highest BCUT2D eigenvalue weighted by Gasteiger charge is 2.31. The molecule has 2 aromatic carbocycles. The minimum absolute atomic E-state index is 0.0372. The summed E-state index contributed by atoms with van der Waals surface area (Å²) in [4.78, 5) is 12.2. The van der Waals surface area contributed by atoms with Gasteiger partial charge in [-0.1, -0.05) is 17.8 Å². The Labute approximate surface area is 173 Å². The molecule has 4 rings (SSSR count). The molecule has 156 valence electrons. The number of carbonyl (C=O) groups excluding carboxylic acids is 1. The molecule has 0 saturated heterocycles. The fourth-order valence-electron chi connectivity index (χ4n) is 2.93. The molecule has 0 atom stereocenters. The largest absolute Gasteiger partial charge is 0.416 e. The first kappa shape index (κ1) is 20.4. The summed E-state index contributed by atoms with van der Waals surface area (Å²) in [5, 5.41) is 11.4. The monoisotopic (exact) mass is 436 g/mol. The van der Waals surface area contributed by atoms with E-state index in [0.717, 1.165) is 42.3 Å². The van der Waals surface area contributed by atoms with E-state index < -0.39 is 17.6 Å². The Balaban J connectivity index is 1.45. The molecular formula is C20H16F4N4OS. The van der Waals surface area contributed by atoms with Crippen LogP contribution in [0.15, 0.2) is 53.7 Å². The molecule has 10 heteroatoms. The van der Waals surface area contributed by atoms with Gasteiger partial charge in [-0.25, -0.2) is 4.39 Å². The number of nitrogens with one attached hydrogen (secondary N) is 1. The molecule has 1 aromatic heterocycles. The van der Waals surface area contributed by atoms with Gasteiger partial charge < -0.3 is 5.32 Å². The summed E-state index contributed by atoms with van der Waals surface area (Å²) in [6.45, 7) is 0. The van der Waals surface area contributed by atoms with Gasteiger partial charge in [-0.05, 0) is 55.3 Å². The molecule has 1 aliphatic carbocycles. The molecular weight excluding hydrogens is 420 g/mol. The van der Waals surface area contributed by atoms with Gasteiger partial charge in [0.2, 0.25) is 5.91 Å². The van der Waals surface area contributed by atoms with Crippen LogP contribution in [0.1, 0.15) is 24.4 Å². The fraction of sp³-hybridized carbons (Fsp3) is 0.250. The molecule has 1 fully saturated rings. The maximum absolute atomic E-state index is 13.2. The van der Waals surface area contributed by atoms with E-state index in [0.29, 0.717) is 11.0 Å². The second-order valence-corrected chi connectivity index (χ2v) is 7.77. The first-order valence-corrected chi connectivity index (χ1v) is 10.1. The Kier molecular flexibility index (Phi) is 5.50. The Morgan fingerprint density at radius 3 is 2.53 bits per heavy atom. The average Bonchev–Trinajstić information content (AvgIpc) is 3.46. The molecule has 0 radical (unpaired) electrons. The summed E-state index contributed by atoms with van der Waals surface area (Å²) in [7, 11) is 0. The number of thioether (sulfide) groups is 1. The molecule has 3 aromatic rings. The Morgan fingerprint density at radius 2 is 1.87 bits per heavy atom. The van der Waals surface area contributed by atoms with Gasteiger partial charge in [0.25, 0.3) is 0 Å². The van der Waals surface area contributed by atoms with Crippen molar-refractivity contribution in [3.8, 4) is 11.4 Å². The van der Waals surface area contributed by atoms with E-state index in [4.69, 9.17) is 0 Å². The second-order valence-electron chi connectivity index (χ2n) is 6.83. The van der Waals surface area contributed by atoms with Gasteiger partial charge in [-0.2, -0.15) is 13.2 Å². The number of alkyl halides is 3. The number of carbonyl (C=O) groups is 1. The number of halogens is 4. The number of hydrogen-bond acceptors (Lipinski definition) is 4. The van der Waals surface area contributed by atoms with Gasteiger partial charge in [-0.15, -0.1) is 10.2 Å². The molecule has 1 heterocycles. The van der Waals surface area contributed by atoms with Crippen LogP contribution in [0.3, 0.4) is 0 Å². The lowest BCUT2D eigenvalue weighted by Crippen LogP contribution is -2.15. The second kappa shape index (κ2) is 8.10. The zero-order valence-electron chi connectivity index (χ0n) is 15.5. The summed E-state index contributed by atoms with van der Waals surface area (Å²) in [6.07, 6.45) is -2.57. The van der Waals surface area contributed by atoms with Crippen LogP contribution in [0.25, 0.3) is 11.4 Å². The van der Waals surface area contributed by atoms with Crippen molar-refractivity contribution in [3.05, 3.63) is 59.9 Å². The van der Waals surface area contributed by atoms with Gasteiger partial charge in [0.05, 0.1) is 11.3 Å². The zero-order chi connectivity index (χ0) is 21.3. The molecule has 1 saturated carbocycles. The quantitative estimate of drug-likeness (QED) is 0.428. The molecule has 0 spiro atoms. The van der Waals surface area contributed by atoms with Crippen molar-refractivity contribution in [3.63, 3.8) is 0 Å². The van der Waals surface area contributed by atoms with Gasteiger partial charge in [0, 0.05) is 17.3 Å². The summed E-state index contributed by atoms with van der Waals surface area (Å²) in [6, 6.07) is 10.6. The highest BCUT2D eigenvalue weighted by Crippen LogP contribution is 2.41. The van der Waals surface area contributed by atoms with Crippen molar-refractivity contribution in [2.45, 2.75) is 30.2 Å². The first-order chi connectivity index (χ1) is 14.3. The van der Waals surface area contributed by atoms with Gasteiger partial charge >= 0.3 is 6.18 Å². The maximum atomic E-state index is 13.2. The van der Waals surface area contributed by atoms with Crippen LogP contribution in [0.4, 0.5) is 23.2 Å². The Bertz CT molecular complexity index is 1060. The number of amides is 1. The maximum Gasteiger partial charge on any atom is 0.416 e. The van der Waals surface area contributed by atoms with Crippen LogP contribution in [0, 0.1) is 5.82 Å². The minimum atomic E-state index is -4.48. The SMILES string of the molecule is O=C(CSc1nnc(-c2ccc(F)cc2)n1C1CC1)Nc1cccc(C(F)(F)F)c1. The molecule has 0 bridgehead atoms. The summed E-state index contributed by atoms with van der Waals surface area (Å²) in [5.41, 5.74) is -0.0347. The van der Waals surface area contributed by atoms with Gasteiger partial charge in [0.15, 0.2) is 11.0 Å². The summed E-state index contributed by atoms with van der Waals surface area (Å²) in [5.74, 6) is -0.242. The fourth-order valence-corrected chi connectivity index (χ4v) is 3.74. The topological polar surface area (TPSA) is 59.8 Å². The molecule has 0 aliphatic heterocycles. The lowest BCUT2D eigenvalue weighted by Gasteiger charge is -2.10. The van der Waals surface area contributed by atoms with Gasteiger partial charge in [0.1, 0.15) is 5.82 Å². The number of hydrogen-bond donors (Lipinski definition) is 1. The average molecular weight is 436 g/mol. The van der Waals surface area contributed by atoms with Crippen LogP contribution in [0.2, 0.25) is 0 Å². The predicted octanol–water partition coefficient (Wildman–Crippen LogP) is 5.17. The lowest BCUT2D eigenvalue weighted by molar-refractivity contribution is -0.137. The predicted molar refractivity (Wildman–Crippen MR) is 104 cm³/mol. The van der Waals surface area contributed by atoms with Crippen molar-refractivity contribution in [1.29, 1.82) is 0 Å². The van der Waals surface area contributed by atoms with Crippen LogP contribution in [0.5, 0.6) is 0 Å². The third-order valence-electron chi connectivity index (χ3n) is 4.48. The standard InChI is InChI=1S/C20H16F4N4OS/c21-14-6-4-12(5-7-14)18-26-27-19(28(18)16-8-9-16)30-11-17(29)25-15-3-1-2-13(10-15)20(22,23)24/h1-7,10,16H,8-9,11H2,(H,25,29). The number of benzene rings is 2. The highest BCUT2D eigenvalue weighted by molar-refractivity contribution is 7.99. The van der Waals surface area contributed by atoms with E-state index in [1.807, 2.05) is 4.57 Å². The summed E-state index contributed by atoms with van der Waals surface area (Å²) >= 11 is 1.15. The van der Waals surface area contributed by atoms with Crippen molar-refractivity contribution in [1.82, 2.24) is 14.8 Å². The normalized spacial score (nSPS) is 14.0. The molecule has 30 heavy (non-hydrogen) atoms. The van der Waals surface area contributed by atoms with Crippen molar-refractivity contribution in [2.75, 3.05) is 11.1 Å². The highest BCUT2D eigenvalue weighted by atomic mass is 32.2. The van der Waals surface area contributed by atoms with E-state index in [1.165, 1.54) is 24.3 Å². The summed E-state index contributed by atoms with van der Waals surface area (Å²) < 4.78 is 53.6. The van der Waals surface area contributed by atoms with E-state index >= 15 is 0 Å². The minimum Gasteiger partial charge on any atom is -0.325 e. The van der Waals surface area contributed by atoms with E-state index in [-0.39, 0.29) is 23.3 Å². The van der Waals surface area contributed by atoms with E-state index in [2.05, 4.69) is 15.5 Å². The smallest absolute Gasteiger partial charge is 0.325 e. The molecule has 1 amide bonds. The Morgan fingerprint density at radius 1 is 1.13 bits per heavy atom. The van der Waals surface area contributed by atoms with Crippen molar-refractivity contribution < 1.29 is 22.4 Å². The van der Waals surface area contributed by atoms with Crippen LogP contribution < -0.4 is 5.32 Å². The van der Waals surface area contributed by atoms with Crippen LogP contribution >= 0.6 is 11.8 Å². The van der Waals surface area contributed by atoms with E-state index in [9.17, 15) is 22.4 Å².